The van der Waals surface area contributed by atoms with E-state index < -0.39 is 6.04 Å². The molecule has 0 radical (unpaired) electrons. The van der Waals surface area contributed by atoms with E-state index in [9.17, 15) is 9.59 Å². The Morgan fingerprint density at radius 2 is 2.25 bits per heavy atom. The third-order valence-corrected chi connectivity index (χ3v) is 5.64. The number of amides is 3. The zero-order valence-electron chi connectivity index (χ0n) is 14.7. The van der Waals surface area contributed by atoms with Crippen LogP contribution in [0.1, 0.15) is 39.5 Å². The Balaban J connectivity index is 1.64. The van der Waals surface area contributed by atoms with E-state index in [4.69, 9.17) is 0 Å². The summed E-state index contributed by atoms with van der Waals surface area (Å²) in [6.07, 6.45) is 7.23. The Labute approximate surface area is 143 Å². The summed E-state index contributed by atoms with van der Waals surface area (Å²) >= 11 is 0. The minimum atomic E-state index is -0.465. The van der Waals surface area contributed by atoms with Crippen LogP contribution in [0.3, 0.4) is 0 Å². The summed E-state index contributed by atoms with van der Waals surface area (Å²) in [5.74, 6) is -0.0544. The van der Waals surface area contributed by atoms with E-state index in [1.54, 1.807) is 22.2 Å². The van der Waals surface area contributed by atoms with Gasteiger partial charge in [0.2, 0.25) is 5.91 Å². The number of hydrogen-bond acceptors (Lipinski definition) is 3. The highest BCUT2D eigenvalue weighted by atomic mass is 16.2. The molecule has 1 aromatic heterocycles. The van der Waals surface area contributed by atoms with Crippen molar-refractivity contribution in [2.45, 2.75) is 51.6 Å². The molecule has 0 spiro atoms. The van der Waals surface area contributed by atoms with Crippen molar-refractivity contribution in [3.8, 4) is 0 Å². The maximum atomic E-state index is 12.7. The standard InChI is InChI=1S/C18H26N4O2/c1-13(18(2)8-9-18)21(3)17(24)20-15-7-5-11-22(16(15)23)14-6-4-10-19-12-14/h4,6,10,12-13,15H,5,7-9,11H2,1-3H3,(H,20,24). The first kappa shape index (κ1) is 16.7. The van der Waals surface area contributed by atoms with Crippen molar-refractivity contribution in [3.05, 3.63) is 24.5 Å². The number of nitrogens with zero attached hydrogens (tertiary/aromatic N) is 3. The molecule has 6 heteroatoms. The van der Waals surface area contributed by atoms with Gasteiger partial charge in [-0.15, -0.1) is 0 Å². The van der Waals surface area contributed by atoms with Gasteiger partial charge in [-0.1, -0.05) is 6.92 Å². The molecular weight excluding hydrogens is 304 g/mol. The van der Waals surface area contributed by atoms with Crippen LogP contribution in [0.25, 0.3) is 0 Å². The predicted octanol–water partition coefficient (Wildman–Crippen LogP) is 2.41. The SMILES string of the molecule is CC(N(C)C(=O)NC1CCCN(c2cccnc2)C1=O)C1(C)CC1. The van der Waals surface area contributed by atoms with Crippen molar-refractivity contribution in [1.82, 2.24) is 15.2 Å². The molecular formula is C18H26N4O2. The van der Waals surface area contributed by atoms with Gasteiger partial charge in [0.25, 0.3) is 0 Å². The van der Waals surface area contributed by atoms with Gasteiger partial charge in [-0.05, 0) is 50.2 Å². The third kappa shape index (κ3) is 3.23. The van der Waals surface area contributed by atoms with Gasteiger partial charge in [0.1, 0.15) is 6.04 Å². The molecule has 1 aliphatic heterocycles. The lowest BCUT2D eigenvalue weighted by molar-refractivity contribution is -0.121. The quantitative estimate of drug-likeness (QED) is 0.922. The van der Waals surface area contributed by atoms with E-state index in [1.165, 1.54) is 0 Å². The molecule has 24 heavy (non-hydrogen) atoms. The molecule has 2 fully saturated rings. The van der Waals surface area contributed by atoms with E-state index in [2.05, 4.69) is 24.1 Å². The van der Waals surface area contributed by atoms with Crippen molar-refractivity contribution < 1.29 is 9.59 Å². The maximum absolute atomic E-state index is 12.7. The molecule has 2 aliphatic rings. The molecule has 0 bridgehead atoms. The molecule has 1 aliphatic carbocycles. The fourth-order valence-electron chi connectivity index (χ4n) is 3.29. The number of carbonyl (C=O) groups is 2. The predicted molar refractivity (Wildman–Crippen MR) is 92.7 cm³/mol. The lowest BCUT2D eigenvalue weighted by atomic mass is 10.00. The third-order valence-electron chi connectivity index (χ3n) is 5.64. The summed E-state index contributed by atoms with van der Waals surface area (Å²) in [6.45, 7) is 4.95. The summed E-state index contributed by atoms with van der Waals surface area (Å²) in [4.78, 5) is 32.8. The summed E-state index contributed by atoms with van der Waals surface area (Å²) in [6, 6.07) is 3.23. The van der Waals surface area contributed by atoms with Crippen LogP contribution in [-0.2, 0) is 4.79 Å². The second-order valence-electron chi connectivity index (χ2n) is 7.29. The highest BCUT2D eigenvalue weighted by Gasteiger charge is 2.45. The molecule has 6 nitrogen and oxygen atoms in total. The van der Waals surface area contributed by atoms with Gasteiger partial charge in [-0.2, -0.15) is 0 Å². The van der Waals surface area contributed by atoms with Crippen LogP contribution in [-0.4, -0.2) is 47.5 Å². The van der Waals surface area contributed by atoms with Crippen LogP contribution in [0.2, 0.25) is 0 Å². The number of urea groups is 1. The summed E-state index contributed by atoms with van der Waals surface area (Å²) in [7, 11) is 1.82. The monoisotopic (exact) mass is 330 g/mol. The van der Waals surface area contributed by atoms with Crippen LogP contribution >= 0.6 is 0 Å². The van der Waals surface area contributed by atoms with Crippen LogP contribution in [0.4, 0.5) is 10.5 Å². The lowest BCUT2D eigenvalue weighted by Gasteiger charge is -2.35. The summed E-state index contributed by atoms with van der Waals surface area (Å²) in [5, 5.41) is 2.92. The van der Waals surface area contributed by atoms with Gasteiger partial charge in [0.05, 0.1) is 11.9 Å². The first-order valence-corrected chi connectivity index (χ1v) is 8.67. The van der Waals surface area contributed by atoms with E-state index in [0.717, 1.165) is 24.9 Å². The second kappa shape index (κ2) is 6.42. The molecule has 2 atom stereocenters. The number of pyridine rings is 1. The summed E-state index contributed by atoms with van der Waals surface area (Å²) < 4.78 is 0. The van der Waals surface area contributed by atoms with E-state index >= 15 is 0 Å². The van der Waals surface area contributed by atoms with Gasteiger partial charge in [0, 0.05) is 25.8 Å². The van der Waals surface area contributed by atoms with E-state index in [-0.39, 0.29) is 23.4 Å². The van der Waals surface area contributed by atoms with Crippen LogP contribution < -0.4 is 10.2 Å². The number of nitrogens with one attached hydrogen (secondary N) is 1. The molecule has 1 saturated carbocycles. The van der Waals surface area contributed by atoms with Crippen LogP contribution in [0.5, 0.6) is 0 Å². The molecule has 3 rings (SSSR count). The van der Waals surface area contributed by atoms with Crippen LogP contribution in [0.15, 0.2) is 24.5 Å². The number of rotatable bonds is 4. The number of aromatic nitrogens is 1. The van der Waals surface area contributed by atoms with Crippen molar-refractivity contribution >= 4 is 17.6 Å². The summed E-state index contributed by atoms with van der Waals surface area (Å²) in [5.41, 5.74) is 1.01. The number of hydrogen-bond donors (Lipinski definition) is 1. The van der Waals surface area contributed by atoms with Gasteiger partial charge in [-0.25, -0.2) is 4.79 Å². The topological polar surface area (TPSA) is 65.5 Å². The van der Waals surface area contributed by atoms with Gasteiger partial charge < -0.3 is 15.1 Å². The van der Waals surface area contributed by atoms with Crippen molar-refractivity contribution in [2.24, 2.45) is 5.41 Å². The Bertz CT molecular complexity index is 615. The van der Waals surface area contributed by atoms with Crippen molar-refractivity contribution in [2.75, 3.05) is 18.5 Å². The Morgan fingerprint density at radius 3 is 2.88 bits per heavy atom. The molecule has 3 amide bonds. The Morgan fingerprint density at radius 1 is 1.50 bits per heavy atom. The Hall–Kier alpha value is -2.11. The molecule has 2 heterocycles. The minimum absolute atomic E-state index is 0.0544. The number of piperidine rings is 1. The zero-order chi connectivity index (χ0) is 17.3. The highest BCUT2D eigenvalue weighted by molar-refractivity contribution is 5.99. The largest absolute Gasteiger partial charge is 0.326 e. The average molecular weight is 330 g/mol. The first-order valence-electron chi connectivity index (χ1n) is 8.67. The Kier molecular flexibility index (Phi) is 4.47. The number of carbonyl (C=O) groups excluding carboxylic acids is 2. The van der Waals surface area contributed by atoms with Crippen LogP contribution in [0, 0.1) is 5.41 Å². The van der Waals surface area contributed by atoms with Gasteiger partial charge >= 0.3 is 6.03 Å². The van der Waals surface area contributed by atoms with Gasteiger partial charge in [0.15, 0.2) is 0 Å². The maximum Gasteiger partial charge on any atom is 0.318 e. The zero-order valence-corrected chi connectivity index (χ0v) is 14.7. The van der Waals surface area contributed by atoms with Crippen molar-refractivity contribution in [1.29, 1.82) is 0 Å². The molecule has 1 N–H and O–H groups in total. The average Bonchev–Trinajstić information content (AvgIpc) is 3.35. The fraction of sp³-hybridized carbons (Fsp3) is 0.611. The second-order valence-corrected chi connectivity index (χ2v) is 7.29. The lowest BCUT2D eigenvalue weighted by Crippen LogP contribution is -2.56. The fourth-order valence-corrected chi connectivity index (χ4v) is 3.29. The number of anilines is 1. The van der Waals surface area contributed by atoms with E-state index in [0.29, 0.717) is 13.0 Å². The highest BCUT2D eigenvalue weighted by Crippen LogP contribution is 2.49. The molecule has 2 unspecified atom stereocenters. The van der Waals surface area contributed by atoms with E-state index in [1.807, 2.05) is 19.2 Å². The molecule has 1 aromatic rings. The smallest absolute Gasteiger partial charge is 0.318 e. The minimum Gasteiger partial charge on any atom is -0.326 e. The molecule has 1 saturated heterocycles. The van der Waals surface area contributed by atoms with Gasteiger partial charge in [-0.3, -0.25) is 9.78 Å². The van der Waals surface area contributed by atoms with Crippen molar-refractivity contribution in [3.63, 3.8) is 0 Å². The first-order chi connectivity index (χ1) is 11.4. The molecule has 130 valence electrons. The normalized spacial score (nSPS) is 23.5. The molecule has 0 aromatic carbocycles.